The first-order valence-corrected chi connectivity index (χ1v) is 11.7. The molecule has 1 atom stereocenters. The van der Waals surface area contributed by atoms with E-state index in [9.17, 15) is 8.42 Å². The lowest BCUT2D eigenvalue weighted by Gasteiger charge is -2.31. The molecule has 1 unspecified atom stereocenters. The summed E-state index contributed by atoms with van der Waals surface area (Å²) in [6, 6.07) is 9.69. The summed E-state index contributed by atoms with van der Waals surface area (Å²) in [5, 5.41) is 12.8. The number of hydrogen-bond acceptors (Lipinski definition) is 6. The Labute approximate surface area is 179 Å². The van der Waals surface area contributed by atoms with Crippen LogP contribution in [-0.4, -0.2) is 45.8 Å². The molecule has 10 heteroatoms. The van der Waals surface area contributed by atoms with Crippen LogP contribution in [0.1, 0.15) is 36.8 Å². The van der Waals surface area contributed by atoms with Crippen molar-refractivity contribution in [2.45, 2.75) is 37.0 Å². The zero-order chi connectivity index (χ0) is 21.1. The smallest absolute Gasteiger partial charge is 0.248 e. The van der Waals surface area contributed by atoms with Gasteiger partial charge in [-0.15, -0.1) is 10.2 Å². The number of hydrogen-bond donors (Lipinski definition) is 0. The minimum atomic E-state index is -3.67. The Kier molecular flexibility index (Phi) is 4.53. The summed E-state index contributed by atoms with van der Waals surface area (Å²) in [7, 11) is -2.03. The van der Waals surface area contributed by atoms with Crippen molar-refractivity contribution in [3.05, 3.63) is 47.1 Å². The quantitative estimate of drug-likeness (QED) is 0.608. The van der Waals surface area contributed by atoms with Crippen molar-refractivity contribution in [1.29, 1.82) is 0 Å². The standard InChI is InChI=1S/C20H22ClN5O3S/c1-13-16(17(21)25(2)24-13)30(27,28)26-10-8-20(9-11-26)12-15(20)19-23-22-18(29-19)14-6-4-3-5-7-14/h3-7,15H,8-12H2,1-2H3. The maximum atomic E-state index is 13.1. The third-order valence-electron chi connectivity index (χ3n) is 6.37. The van der Waals surface area contributed by atoms with E-state index in [1.165, 1.54) is 8.99 Å². The van der Waals surface area contributed by atoms with Crippen molar-refractivity contribution in [2.75, 3.05) is 13.1 Å². The number of halogens is 1. The van der Waals surface area contributed by atoms with Gasteiger partial charge in [-0.1, -0.05) is 29.8 Å². The molecule has 2 aromatic heterocycles. The zero-order valence-corrected chi connectivity index (χ0v) is 18.3. The van der Waals surface area contributed by atoms with Crippen molar-refractivity contribution in [2.24, 2.45) is 12.5 Å². The molecule has 0 radical (unpaired) electrons. The highest BCUT2D eigenvalue weighted by Gasteiger charge is 2.59. The van der Waals surface area contributed by atoms with Gasteiger partial charge in [0, 0.05) is 31.6 Å². The fourth-order valence-electron chi connectivity index (χ4n) is 4.53. The summed E-state index contributed by atoms with van der Waals surface area (Å²) >= 11 is 6.21. The summed E-state index contributed by atoms with van der Waals surface area (Å²) in [4.78, 5) is 0.111. The Hall–Kier alpha value is -2.23. The predicted octanol–water partition coefficient (Wildman–Crippen LogP) is 3.39. The van der Waals surface area contributed by atoms with Crippen LogP contribution in [-0.2, 0) is 17.1 Å². The van der Waals surface area contributed by atoms with Crippen LogP contribution in [0, 0.1) is 12.3 Å². The van der Waals surface area contributed by atoms with Crippen LogP contribution in [0.15, 0.2) is 39.6 Å². The normalized spacial score (nSPS) is 21.2. The largest absolute Gasteiger partial charge is 0.420 e. The van der Waals surface area contributed by atoms with Gasteiger partial charge in [0.2, 0.25) is 21.8 Å². The van der Waals surface area contributed by atoms with Gasteiger partial charge in [0.25, 0.3) is 0 Å². The molecule has 1 saturated heterocycles. The topological polar surface area (TPSA) is 94.1 Å². The third-order valence-corrected chi connectivity index (χ3v) is 8.96. The fraction of sp³-hybridized carbons (Fsp3) is 0.450. The molecule has 2 aliphatic rings. The molecular weight excluding hydrogens is 426 g/mol. The van der Waals surface area contributed by atoms with Gasteiger partial charge in [0.1, 0.15) is 10.0 Å². The van der Waals surface area contributed by atoms with E-state index in [-0.39, 0.29) is 21.4 Å². The highest BCUT2D eigenvalue weighted by Crippen LogP contribution is 2.65. The third kappa shape index (κ3) is 3.07. The van der Waals surface area contributed by atoms with Crippen LogP contribution in [0.4, 0.5) is 0 Å². The average molecular weight is 448 g/mol. The summed E-state index contributed by atoms with van der Waals surface area (Å²) in [5.41, 5.74) is 1.36. The first kappa shape index (κ1) is 19.7. The van der Waals surface area contributed by atoms with E-state index in [0.29, 0.717) is 30.6 Å². The summed E-state index contributed by atoms with van der Waals surface area (Å²) in [6.45, 7) is 2.56. The van der Waals surface area contributed by atoms with E-state index < -0.39 is 10.0 Å². The molecule has 8 nitrogen and oxygen atoms in total. The van der Waals surface area contributed by atoms with Crippen molar-refractivity contribution in [3.8, 4) is 11.5 Å². The van der Waals surface area contributed by atoms with E-state index in [4.69, 9.17) is 16.0 Å². The van der Waals surface area contributed by atoms with E-state index in [2.05, 4.69) is 15.3 Å². The number of aromatic nitrogens is 4. The monoisotopic (exact) mass is 447 g/mol. The molecule has 2 fully saturated rings. The second-order valence-electron chi connectivity index (χ2n) is 8.16. The van der Waals surface area contributed by atoms with Gasteiger partial charge in [-0.2, -0.15) is 9.40 Å². The van der Waals surface area contributed by atoms with E-state index in [1.807, 2.05) is 30.3 Å². The van der Waals surface area contributed by atoms with Crippen molar-refractivity contribution < 1.29 is 12.8 Å². The molecular formula is C20H22ClN5O3S. The molecule has 1 aromatic carbocycles. The number of nitrogens with zero attached hydrogens (tertiary/aromatic N) is 5. The first-order valence-electron chi connectivity index (χ1n) is 9.90. The zero-order valence-electron chi connectivity index (χ0n) is 16.7. The maximum Gasteiger partial charge on any atom is 0.248 e. The Morgan fingerprint density at radius 3 is 2.50 bits per heavy atom. The van der Waals surface area contributed by atoms with Crippen LogP contribution in [0.25, 0.3) is 11.5 Å². The Balaban J connectivity index is 1.30. The number of rotatable bonds is 4. The van der Waals surface area contributed by atoms with E-state index in [1.54, 1.807) is 14.0 Å². The summed E-state index contributed by atoms with van der Waals surface area (Å²) < 4.78 is 35.1. The highest BCUT2D eigenvalue weighted by molar-refractivity contribution is 7.89. The number of sulfonamides is 1. The Morgan fingerprint density at radius 1 is 1.17 bits per heavy atom. The summed E-state index contributed by atoms with van der Waals surface area (Å²) in [6.07, 6.45) is 2.47. The van der Waals surface area contributed by atoms with Gasteiger partial charge in [0.15, 0.2) is 0 Å². The molecule has 30 heavy (non-hydrogen) atoms. The van der Waals surface area contributed by atoms with Gasteiger partial charge in [0.05, 0.1) is 5.69 Å². The van der Waals surface area contributed by atoms with Gasteiger partial charge >= 0.3 is 0 Å². The summed E-state index contributed by atoms with van der Waals surface area (Å²) in [5.74, 6) is 1.36. The van der Waals surface area contributed by atoms with E-state index in [0.717, 1.165) is 24.8 Å². The van der Waals surface area contributed by atoms with Gasteiger partial charge in [-0.3, -0.25) is 4.68 Å². The Bertz CT molecular complexity index is 1200. The van der Waals surface area contributed by atoms with Crippen LogP contribution in [0.2, 0.25) is 5.15 Å². The van der Waals surface area contributed by atoms with Crippen molar-refractivity contribution >= 4 is 21.6 Å². The number of piperidine rings is 1. The molecule has 1 saturated carbocycles. The Morgan fingerprint density at radius 2 is 1.87 bits per heavy atom. The molecule has 0 bridgehead atoms. The molecule has 1 spiro atoms. The molecule has 3 heterocycles. The van der Waals surface area contributed by atoms with Crippen LogP contribution >= 0.6 is 11.6 Å². The van der Waals surface area contributed by atoms with Gasteiger partial charge in [-0.25, -0.2) is 8.42 Å². The van der Waals surface area contributed by atoms with Crippen LogP contribution in [0.3, 0.4) is 0 Å². The maximum absolute atomic E-state index is 13.1. The minimum Gasteiger partial charge on any atom is -0.420 e. The molecule has 1 aliphatic carbocycles. The molecule has 0 amide bonds. The lowest BCUT2D eigenvalue weighted by atomic mass is 9.92. The molecule has 0 N–H and O–H groups in total. The highest BCUT2D eigenvalue weighted by atomic mass is 35.5. The molecule has 1 aliphatic heterocycles. The number of benzene rings is 1. The molecule has 158 valence electrons. The first-order chi connectivity index (χ1) is 14.3. The van der Waals surface area contributed by atoms with Gasteiger partial charge in [-0.05, 0) is 43.7 Å². The lowest BCUT2D eigenvalue weighted by molar-refractivity contribution is 0.246. The van der Waals surface area contributed by atoms with Crippen LogP contribution in [0.5, 0.6) is 0 Å². The molecule has 5 rings (SSSR count). The second-order valence-corrected chi connectivity index (χ2v) is 10.4. The van der Waals surface area contributed by atoms with Gasteiger partial charge < -0.3 is 4.42 Å². The van der Waals surface area contributed by atoms with Crippen molar-refractivity contribution in [3.63, 3.8) is 0 Å². The number of aryl methyl sites for hydroxylation is 2. The molecule has 3 aromatic rings. The SMILES string of the molecule is Cc1nn(C)c(Cl)c1S(=O)(=O)N1CCC2(CC1)CC2c1nnc(-c2ccccc2)o1. The lowest BCUT2D eigenvalue weighted by Crippen LogP contribution is -2.39. The van der Waals surface area contributed by atoms with Crippen LogP contribution < -0.4 is 0 Å². The van der Waals surface area contributed by atoms with Crippen molar-refractivity contribution in [1.82, 2.24) is 24.3 Å². The minimum absolute atomic E-state index is 0.0420. The fourth-order valence-corrected chi connectivity index (χ4v) is 6.67. The average Bonchev–Trinajstić information content (AvgIpc) is 3.08. The van der Waals surface area contributed by atoms with E-state index >= 15 is 0 Å². The predicted molar refractivity (Wildman–Crippen MR) is 110 cm³/mol. The second kappa shape index (κ2) is 6.90.